The van der Waals surface area contributed by atoms with Crippen LogP contribution < -0.4 is 0 Å². The quantitative estimate of drug-likeness (QED) is 0.798. The first-order valence-corrected chi connectivity index (χ1v) is 9.19. The average molecular weight is 348 g/mol. The molecule has 3 rings (SSSR count). The summed E-state index contributed by atoms with van der Waals surface area (Å²) < 4.78 is 7.53. The molecule has 0 bridgehead atoms. The van der Waals surface area contributed by atoms with Crippen molar-refractivity contribution in [3.8, 4) is 0 Å². The molecule has 1 aromatic rings. The number of carbonyl (C=O) groups is 2. The molecule has 138 valence electrons. The zero-order valence-electron chi connectivity index (χ0n) is 15.2. The molecule has 0 aliphatic carbocycles. The van der Waals surface area contributed by atoms with E-state index in [0.29, 0.717) is 26.2 Å². The SMILES string of the molecule is Cc1nccn1CCN(C)C(=O)C1CCN(C(=O)[C@@H]2CCCO2)CC1. The van der Waals surface area contributed by atoms with Crippen molar-refractivity contribution in [1.29, 1.82) is 0 Å². The molecule has 0 unspecified atom stereocenters. The molecule has 2 amide bonds. The van der Waals surface area contributed by atoms with Gasteiger partial charge in [0.05, 0.1) is 0 Å². The second-order valence-corrected chi connectivity index (χ2v) is 7.03. The van der Waals surface area contributed by atoms with Crippen LogP contribution in [0, 0.1) is 12.8 Å². The van der Waals surface area contributed by atoms with Crippen LogP contribution in [0.25, 0.3) is 0 Å². The van der Waals surface area contributed by atoms with Gasteiger partial charge in [-0.25, -0.2) is 4.98 Å². The first-order valence-electron chi connectivity index (χ1n) is 9.19. The van der Waals surface area contributed by atoms with Crippen molar-refractivity contribution in [3.63, 3.8) is 0 Å². The summed E-state index contributed by atoms with van der Waals surface area (Å²) in [5.74, 6) is 1.26. The highest BCUT2D eigenvalue weighted by atomic mass is 16.5. The molecule has 2 fully saturated rings. The molecule has 1 aromatic heterocycles. The Bertz CT molecular complexity index is 601. The zero-order chi connectivity index (χ0) is 17.8. The Morgan fingerprint density at radius 3 is 2.68 bits per heavy atom. The van der Waals surface area contributed by atoms with Crippen LogP contribution in [0.1, 0.15) is 31.5 Å². The molecule has 7 nitrogen and oxygen atoms in total. The Hall–Kier alpha value is -1.89. The fourth-order valence-corrected chi connectivity index (χ4v) is 3.64. The average Bonchev–Trinajstić information content (AvgIpc) is 3.30. The van der Waals surface area contributed by atoms with Crippen LogP contribution in [0.3, 0.4) is 0 Å². The normalized spacial score (nSPS) is 21.5. The van der Waals surface area contributed by atoms with Gasteiger partial charge in [-0.15, -0.1) is 0 Å². The number of nitrogens with zero attached hydrogens (tertiary/aromatic N) is 4. The molecule has 2 saturated heterocycles. The van der Waals surface area contributed by atoms with Crippen LogP contribution in [-0.4, -0.2) is 70.6 Å². The summed E-state index contributed by atoms with van der Waals surface area (Å²) in [6.07, 6.45) is 6.73. The first-order chi connectivity index (χ1) is 12.1. The third kappa shape index (κ3) is 4.21. The number of imidazole rings is 1. The lowest BCUT2D eigenvalue weighted by molar-refractivity contribution is -0.145. The van der Waals surface area contributed by atoms with E-state index in [0.717, 1.165) is 38.1 Å². The molecule has 3 heterocycles. The molecular formula is C18H28N4O3. The number of hydrogen-bond acceptors (Lipinski definition) is 4. The fraction of sp³-hybridized carbons (Fsp3) is 0.722. The summed E-state index contributed by atoms with van der Waals surface area (Å²) >= 11 is 0. The zero-order valence-corrected chi connectivity index (χ0v) is 15.2. The van der Waals surface area contributed by atoms with Gasteiger partial charge in [-0.3, -0.25) is 9.59 Å². The minimum absolute atomic E-state index is 0.0161. The lowest BCUT2D eigenvalue weighted by Gasteiger charge is -2.34. The standard InChI is InChI=1S/C18H28N4O3/c1-14-19-7-10-21(14)12-11-20(2)17(23)15-5-8-22(9-6-15)18(24)16-4-3-13-25-16/h7,10,15-16H,3-6,8-9,11-13H2,1-2H3/t16-/m0/s1. The Kier molecular flexibility index (Phi) is 5.73. The predicted molar refractivity (Wildman–Crippen MR) is 92.9 cm³/mol. The maximum atomic E-state index is 12.6. The number of amides is 2. The maximum absolute atomic E-state index is 12.6. The number of likely N-dealkylation sites (tertiary alicyclic amines) is 1. The summed E-state index contributed by atoms with van der Waals surface area (Å²) in [6, 6.07) is 0. The van der Waals surface area contributed by atoms with Crippen molar-refractivity contribution in [2.24, 2.45) is 5.92 Å². The van der Waals surface area contributed by atoms with Gasteiger partial charge in [-0.05, 0) is 32.6 Å². The van der Waals surface area contributed by atoms with Crippen LogP contribution in [-0.2, 0) is 20.9 Å². The summed E-state index contributed by atoms with van der Waals surface area (Å²) in [5, 5.41) is 0. The van der Waals surface area contributed by atoms with E-state index in [1.54, 1.807) is 6.20 Å². The fourth-order valence-electron chi connectivity index (χ4n) is 3.64. The van der Waals surface area contributed by atoms with E-state index < -0.39 is 0 Å². The van der Waals surface area contributed by atoms with E-state index in [-0.39, 0.29) is 23.8 Å². The van der Waals surface area contributed by atoms with Crippen LogP contribution in [0.5, 0.6) is 0 Å². The Labute approximate surface area is 148 Å². The van der Waals surface area contributed by atoms with E-state index in [9.17, 15) is 9.59 Å². The summed E-state index contributed by atoms with van der Waals surface area (Å²) in [6.45, 7) is 5.39. The van der Waals surface area contributed by atoms with Crippen molar-refractivity contribution >= 4 is 11.8 Å². The van der Waals surface area contributed by atoms with Crippen LogP contribution in [0.2, 0.25) is 0 Å². The summed E-state index contributed by atoms with van der Waals surface area (Å²) in [5.41, 5.74) is 0. The van der Waals surface area contributed by atoms with Crippen molar-refractivity contribution in [2.45, 2.75) is 45.3 Å². The smallest absolute Gasteiger partial charge is 0.251 e. The third-order valence-electron chi connectivity index (χ3n) is 5.34. The van der Waals surface area contributed by atoms with Gasteiger partial charge in [0.25, 0.3) is 5.91 Å². The van der Waals surface area contributed by atoms with E-state index in [2.05, 4.69) is 4.98 Å². The molecule has 2 aliphatic rings. The third-order valence-corrected chi connectivity index (χ3v) is 5.34. The van der Waals surface area contributed by atoms with Gasteiger partial charge in [0.1, 0.15) is 11.9 Å². The topological polar surface area (TPSA) is 67.7 Å². The van der Waals surface area contributed by atoms with E-state index in [1.165, 1.54) is 0 Å². The predicted octanol–water partition coefficient (Wildman–Crippen LogP) is 1.07. The van der Waals surface area contributed by atoms with Gasteiger partial charge in [0.2, 0.25) is 5.91 Å². The molecule has 1 atom stereocenters. The number of aromatic nitrogens is 2. The Morgan fingerprint density at radius 1 is 1.32 bits per heavy atom. The Balaban J connectivity index is 1.44. The van der Waals surface area contributed by atoms with Gasteiger partial charge >= 0.3 is 0 Å². The highest BCUT2D eigenvalue weighted by Crippen LogP contribution is 2.22. The first kappa shape index (κ1) is 17.9. The highest BCUT2D eigenvalue weighted by Gasteiger charge is 2.33. The second-order valence-electron chi connectivity index (χ2n) is 7.03. The molecule has 25 heavy (non-hydrogen) atoms. The van der Waals surface area contributed by atoms with Crippen molar-refractivity contribution in [2.75, 3.05) is 33.3 Å². The Morgan fingerprint density at radius 2 is 2.08 bits per heavy atom. The number of ether oxygens (including phenoxy) is 1. The molecule has 0 aromatic carbocycles. The largest absolute Gasteiger partial charge is 0.368 e. The van der Waals surface area contributed by atoms with Gasteiger partial charge < -0.3 is 19.1 Å². The molecule has 0 spiro atoms. The van der Waals surface area contributed by atoms with E-state index in [1.807, 2.05) is 34.5 Å². The van der Waals surface area contributed by atoms with Gasteiger partial charge in [0, 0.05) is 58.1 Å². The van der Waals surface area contributed by atoms with Crippen molar-refractivity contribution in [3.05, 3.63) is 18.2 Å². The minimum Gasteiger partial charge on any atom is -0.368 e. The number of hydrogen-bond donors (Lipinski definition) is 0. The molecule has 0 radical (unpaired) electrons. The number of carbonyl (C=O) groups excluding carboxylic acids is 2. The van der Waals surface area contributed by atoms with Crippen LogP contribution in [0.4, 0.5) is 0 Å². The highest BCUT2D eigenvalue weighted by molar-refractivity contribution is 5.82. The van der Waals surface area contributed by atoms with Gasteiger partial charge in [0.15, 0.2) is 0 Å². The molecule has 7 heteroatoms. The molecule has 0 N–H and O–H groups in total. The summed E-state index contributed by atoms with van der Waals surface area (Å²) in [4.78, 5) is 32.9. The van der Waals surface area contributed by atoms with E-state index >= 15 is 0 Å². The monoisotopic (exact) mass is 348 g/mol. The molecular weight excluding hydrogens is 320 g/mol. The van der Waals surface area contributed by atoms with Crippen LogP contribution in [0.15, 0.2) is 12.4 Å². The van der Waals surface area contributed by atoms with Gasteiger partial charge in [-0.2, -0.15) is 0 Å². The van der Waals surface area contributed by atoms with E-state index in [4.69, 9.17) is 4.74 Å². The second kappa shape index (κ2) is 7.99. The molecule has 0 saturated carbocycles. The summed E-state index contributed by atoms with van der Waals surface area (Å²) in [7, 11) is 1.86. The number of likely N-dealkylation sites (N-methyl/N-ethyl adjacent to an activating group) is 1. The molecule has 2 aliphatic heterocycles. The number of piperidine rings is 1. The lowest BCUT2D eigenvalue weighted by Crippen LogP contribution is -2.46. The van der Waals surface area contributed by atoms with Gasteiger partial charge in [-0.1, -0.05) is 0 Å². The minimum atomic E-state index is -0.256. The van der Waals surface area contributed by atoms with Crippen molar-refractivity contribution < 1.29 is 14.3 Å². The lowest BCUT2D eigenvalue weighted by atomic mass is 9.95. The van der Waals surface area contributed by atoms with Crippen LogP contribution >= 0.6 is 0 Å². The maximum Gasteiger partial charge on any atom is 0.251 e. The number of rotatable bonds is 5. The van der Waals surface area contributed by atoms with Crippen molar-refractivity contribution in [1.82, 2.24) is 19.4 Å². The number of aryl methyl sites for hydroxylation is 1.